The second-order valence-corrected chi connectivity index (χ2v) is 9.18. The van der Waals surface area contributed by atoms with E-state index >= 15 is 0 Å². The minimum Gasteiger partial charge on any atom is -0.329 e. The molecular formula is C29H30ClN3O2. The van der Waals surface area contributed by atoms with Crippen LogP contribution in [0.5, 0.6) is 0 Å². The zero-order valence-electron chi connectivity index (χ0n) is 20.4. The number of rotatable bonds is 8. The highest BCUT2D eigenvalue weighted by atomic mass is 35.5. The molecular weight excluding hydrogens is 458 g/mol. The number of amides is 1. The number of hydrogen-bond acceptors (Lipinski definition) is 3. The molecule has 5 nitrogen and oxygen atoms in total. The first-order chi connectivity index (χ1) is 16.9. The van der Waals surface area contributed by atoms with Crippen molar-refractivity contribution in [1.82, 2.24) is 14.5 Å². The van der Waals surface area contributed by atoms with Crippen LogP contribution in [0, 0.1) is 6.92 Å². The molecule has 4 aromatic rings. The van der Waals surface area contributed by atoms with E-state index in [-0.39, 0.29) is 11.5 Å². The van der Waals surface area contributed by atoms with Gasteiger partial charge >= 0.3 is 0 Å². The third-order valence-corrected chi connectivity index (χ3v) is 6.70. The summed E-state index contributed by atoms with van der Waals surface area (Å²) >= 11 is 6.41. The molecule has 0 bridgehead atoms. The molecule has 1 unspecified atom stereocenters. The average Bonchev–Trinajstić information content (AvgIpc) is 2.87. The van der Waals surface area contributed by atoms with Crippen molar-refractivity contribution in [3.05, 3.63) is 105 Å². The largest absolute Gasteiger partial charge is 0.329 e. The van der Waals surface area contributed by atoms with E-state index in [1.54, 1.807) is 27.7 Å². The number of hydrogen-bond donors (Lipinski definition) is 0. The Morgan fingerprint density at radius 3 is 2.43 bits per heavy atom. The van der Waals surface area contributed by atoms with E-state index in [0.29, 0.717) is 33.9 Å². The molecule has 3 aromatic carbocycles. The number of aromatic nitrogens is 2. The minimum atomic E-state index is -0.465. The van der Waals surface area contributed by atoms with Crippen molar-refractivity contribution < 1.29 is 4.79 Å². The lowest BCUT2D eigenvalue weighted by Gasteiger charge is -2.31. The van der Waals surface area contributed by atoms with Gasteiger partial charge < -0.3 is 4.90 Å². The summed E-state index contributed by atoms with van der Waals surface area (Å²) in [6.45, 7) is 6.57. The maximum atomic E-state index is 13.8. The Labute approximate surface area is 211 Å². The quantitative estimate of drug-likeness (QED) is 0.258. The molecule has 180 valence electrons. The van der Waals surface area contributed by atoms with Crippen molar-refractivity contribution in [2.24, 2.45) is 0 Å². The van der Waals surface area contributed by atoms with Gasteiger partial charge in [0.25, 0.3) is 11.5 Å². The lowest BCUT2D eigenvalue weighted by Crippen LogP contribution is -2.38. The lowest BCUT2D eigenvalue weighted by molar-refractivity contribution is 0.0677. The van der Waals surface area contributed by atoms with Crippen molar-refractivity contribution >= 4 is 28.4 Å². The normalized spacial score (nSPS) is 12.0. The summed E-state index contributed by atoms with van der Waals surface area (Å²) < 4.78 is 1.66. The SMILES string of the molecule is CCCCCN(C(=O)c1ccccc1Cl)C(C)c1nc2ccccc2c(=O)n1-c1ccccc1C. The highest BCUT2D eigenvalue weighted by Crippen LogP contribution is 2.27. The maximum Gasteiger partial charge on any atom is 0.266 e. The third-order valence-electron chi connectivity index (χ3n) is 6.37. The van der Waals surface area contributed by atoms with Crippen molar-refractivity contribution in [3.8, 4) is 5.69 Å². The fraction of sp³-hybridized carbons (Fsp3) is 0.276. The second-order valence-electron chi connectivity index (χ2n) is 8.78. The van der Waals surface area contributed by atoms with E-state index < -0.39 is 6.04 Å². The van der Waals surface area contributed by atoms with Gasteiger partial charge in [-0.15, -0.1) is 0 Å². The van der Waals surface area contributed by atoms with Crippen LogP contribution in [0.25, 0.3) is 16.6 Å². The number of carbonyl (C=O) groups is 1. The van der Waals surface area contributed by atoms with Crippen molar-refractivity contribution in [3.63, 3.8) is 0 Å². The number of nitrogens with zero attached hydrogens (tertiary/aromatic N) is 3. The Morgan fingerprint density at radius 2 is 1.69 bits per heavy atom. The number of benzene rings is 3. The van der Waals surface area contributed by atoms with Crippen LogP contribution < -0.4 is 5.56 Å². The summed E-state index contributed by atoms with van der Waals surface area (Å²) in [6, 6.07) is 21.7. The Bertz CT molecular complexity index is 1410. The molecule has 0 N–H and O–H groups in total. The van der Waals surface area contributed by atoms with Gasteiger partial charge in [0.15, 0.2) is 0 Å². The van der Waals surface area contributed by atoms with Gasteiger partial charge in [0.1, 0.15) is 5.82 Å². The van der Waals surface area contributed by atoms with Crippen molar-refractivity contribution in [2.75, 3.05) is 6.54 Å². The molecule has 0 aliphatic carbocycles. The van der Waals surface area contributed by atoms with Gasteiger partial charge in [-0.3, -0.25) is 14.2 Å². The summed E-state index contributed by atoms with van der Waals surface area (Å²) in [7, 11) is 0. The first-order valence-corrected chi connectivity index (χ1v) is 12.4. The van der Waals surface area contributed by atoms with Gasteiger partial charge in [-0.05, 0) is 56.2 Å². The third kappa shape index (κ3) is 5.01. The molecule has 0 radical (unpaired) electrons. The predicted octanol–water partition coefficient (Wildman–Crippen LogP) is 6.74. The van der Waals surface area contributed by atoms with E-state index in [2.05, 4.69) is 6.92 Å². The molecule has 0 aliphatic rings. The maximum absolute atomic E-state index is 13.8. The fourth-order valence-corrected chi connectivity index (χ4v) is 4.63. The Hall–Kier alpha value is -3.44. The van der Waals surface area contributed by atoms with Crippen LogP contribution in [0.15, 0.2) is 77.6 Å². The molecule has 0 saturated carbocycles. The summed E-state index contributed by atoms with van der Waals surface area (Å²) in [6.07, 6.45) is 2.87. The molecule has 0 saturated heterocycles. The van der Waals surface area contributed by atoms with Crippen LogP contribution in [0.2, 0.25) is 5.02 Å². The number of para-hydroxylation sites is 2. The topological polar surface area (TPSA) is 55.2 Å². The Kier molecular flexibility index (Phi) is 7.67. The molecule has 1 heterocycles. The molecule has 0 spiro atoms. The lowest BCUT2D eigenvalue weighted by atomic mass is 10.1. The smallest absolute Gasteiger partial charge is 0.266 e. The van der Waals surface area contributed by atoms with Crippen LogP contribution in [-0.4, -0.2) is 26.9 Å². The second kappa shape index (κ2) is 10.9. The highest BCUT2D eigenvalue weighted by molar-refractivity contribution is 6.33. The van der Waals surface area contributed by atoms with E-state index in [9.17, 15) is 9.59 Å². The van der Waals surface area contributed by atoms with E-state index in [1.165, 1.54) is 0 Å². The summed E-state index contributed by atoms with van der Waals surface area (Å²) in [4.78, 5) is 34.3. The molecule has 1 amide bonds. The molecule has 4 rings (SSSR count). The van der Waals surface area contributed by atoms with Crippen molar-refractivity contribution in [1.29, 1.82) is 0 Å². The molecule has 35 heavy (non-hydrogen) atoms. The van der Waals surface area contributed by atoms with Gasteiger partial charge in [-0.25, -0.2) is 4.98 Å². The first kappa shape index (κ1) is 24.7. The van der Waals surface area contributed by atoms with E-state index in [4.69, 9.17) is 16.6 Å². The molecule has 0 aliphatic heterocycles. The zero-order chi connectivity index (χ0) is 24.9. The molecule has 1 atom stereocenters. The molecule has 1 aromatic heterocycles. The average molecular weight is 488 g/mol. The van der Waals surface area contributed by atoms with Crippen LogP contribution in [0.1, 0.15) is 60.9 Å². The number of fused-ring (bicyclic) bond motifs is 1. The van der Waals surface area contributed by atoms with Crippen LogP contribution in [0.3, 0.4) is 0 Å². The first-order valence-electron chi connectivity index (χ1n) is 12.1. The van der Waals surface area contributed by atoms with Gasteiger partial charge in [0, 0.05) is 6.54 Å². The van der Waals surface area contributed by atoms with Gasteiger partial charge in [-0.1, -0.05) is 73.8 Å². The van der Waals surface area contributed by atoms with Gasteiger partial charge in [0.2, 0.25) is 0 Å². The van der Waals surface area contributed by atoms with E-state index in [1.807, 2.05) is 68.4 Å². The summed E-state index contributed by atoms with van der Waals surface area (Å²) in [5.41, 5.74) is 2.63. The summed E-state index contributed by atoms with van der Waals surface area (Å²) in [5, 5.41) is 0.953. The number of unbranched alkanes of at least 4 members (excludes halogenated alkanes) is 2. The zero-order valence-corrected chi connectivity index (χ0v) is 21.1. The van der Waals surface area contributed by atoms with Crippen molar-refractivity contribution in [2.45, 2.75) is 46.1 Å². The van der Waals surface area contributed by atoms with Gasteiger partial charge in [-0.2, -0.15) is 0 Å². The number of aryl methyl sites for hydroxylation is 1. The van der Waals surface area contributed by atoms with Crippen LogP contribution in [-0.2, 0) is 0 Å². The standard InChI is InChI=1S/C29H30ClN3O2/c1-4-5-12-19-32(28(34)22-14-7-9-16-24(22)30)21(3)27-31-25-17-10-8-15-23(25)29(35)33(27)26-18-11-6-13-20(26)2/h6-11,13-18,21H,4-5,12,19H2,1-3H3. The van der Waals surface area contributed by atoms with Crippen LogP contribution >= 0.6 is 11.6 Å². The Balaban J connectivity index is 1.91. The number of carbonyl (C=O) groups excluding carboxylic acids is 1. The molecule has 0 fully saturated rings. The van der Waals surface area contributed by atoms with Crippen LogP contribution in [0.4, 0.5) is 0 Å². The predicted molar refractivity (Wildman–Crippen MR) is 143 cm³/mol. The summed E-state index contributed by atoms with van der Waals surface area (Å²) in [5.74, 6) is 0.359. The minimum absolute atomic E-state index is 0.148. The van der Waals surface area contributed by atoms with E-state index in [0.717, 1.165) is 30.5 Å². The monoisotopic (exact) mass is 487 g/mol. The Morgan fingerprint density at radius 1 is 1.00 bits per heavy atom. The van der Waals surface area contributed by atoms with Gasteiger partial charge in [0.05, 0.1) is 33.2 Å². The molecule has 6 heteroatoms. The fourth-order valence-electron chi connectivity index (χ4n) is 4.41. The highest BCUT2D eigenvalue weighted by Gasteiger charge is 2.28. The number of halogens is 1.